The molecule has 60 heavy (non-hydrogen) atoms. The molecule has 0 aliphatic carbocycles. The largest absolute Gasteiger partial charge is 0.492 e. The molecule has 0 bridgehead atoms. The molecule has 4 aromatic rings. The molecule has 0 saturated heterocycles. The molecule has 1 atom stereocenters. The molecule has 0 radical (unpaired) electrons. The molecular formula is C46H54N4O10. The molecule has 0 spiro atoms. The molecule has 14 nitrogen and oxygen atoms in total. The summed E-state index contributed by atoms with van der Waals surface area (Å²) in [4.78, 5) is 74.9. The summed E-state index contributed by atoms with van der Waals surface area (Å²) in [5.74, 6) is -1.48. The number of benzene rings is 4. The number of rotatable bonds is 22. The number of nitrogens with one attached hydrogen (secondary N) is 4. The van der Waals surface area contributed by atoms with Gasteiger partial charge in [0.1, 0.15) is 37.9 Å². The fraction of sp³-hybridized carbons (Fsp3) is 0.348. The third-order valence-electron chi connectivity index (χ3n) is 9.10. The summed E-state index contributed by atoms with van der Waals surface area (Å²) < 4.78 is 21.9. The van der Waals surface area contributed by atoms with Gasteiger partial charge in [0.05, 0.1) is 38.0 Å². The van der Waals surface area contributed by atoms with Crippen LogP contribution in [0.25, 0.3) is 0 Å². The Kier molecular flexibility index (Phi) is 18.1. The smallest absolute Gasteiger partial charge is 0.313 e. The molecular weight excluding hydrogens is 769 g/mol. The van der Waals surface area contributed by atoms with Crippen LogP contribution in [0.3, 0.4) is 0 Å². The Hall–Kier alpha value is -6.70. The van der Waals surface area contributed by atoms with Gasteiger partial charge in [0, 0.05) is 22.3 Å². The molecule has 1 unspecified atom stereocenters. The van der Waals surface area contributed by atoms with E-state index in [9.17, 15) is 28.8 Å². The van der Waals surface area contributed by atoms with E-state index in [1.165, 1.54) is 17.7 Å². The first-order valence-electron chi connectivity index (χ1n) is 19.9. The first-order valence-corrected chi connectivity index (χ1v) is 19.9. The van der Waals surface area contributed by atoms with Crippen molar-refractivity contribution in [3.63, 3.8) is 0 Å². The monoisotopic (exact) mass is 822 g/mol. The Bertz CT molecular complexity index is 2070. The minimum Gasteiger partial charge on any atom is -0.492 e. The quantitative estimate of drug-likeness (QED) is 0.0588. The molecule has 0 aliphatic heterocycles. The van der Waals surface area contributed by atoms with E-state index < -0.39 is 23.7 Å². The lowest BCUT2D eigenvalue weighted by atomic mass is 10.0. The van der Waals surface area contributed by atoms with Gasteiger partial charge >= 0.3 is 11.9 Å². The van der Waals surface area contributed by atoms with Gasteiger partial charge in [-0.3, -0.25) is 28.8 Å². The van der Waals surface area contributed by atoms with Crippen LogP contribution in [0.5, 0.6) is 11.5 Å². The van der Waals surface area contributed by atoms with E-state index in [-0.39, 0.29) is 69.7 Å². The molecule has 318 valence electrons. The summed E-state index contributed by atoms with van der Waals surface area (Å²) in [5, 5.41) is 10.9. The third kappa shape index (κ3) is 14.9. The Morgan fingerprint density at radius 3 is 1.17 bits per heavy atom. The highest BCUT2D eigenvalue weighted by Gasteiger charge is 2.18. The van der Waals surface area contributed by atoms with Crippen molar-refractivity contribution in [2.75, 3.05) is 52.6 Å². The zero-order valence-corrected chi connectivity index (χ0v) is 34.7. The Morgan fingerprint density at radius 2 is 0.800 bits per heavy atom. The van der Waals surface area contributed by atoms with Crippen molar-refractivity contribution < 1.29 is 47.7 Å². The molecule has 0 saturated carbocycles. The van der Waals surface area contributed by atoms with Crippen molar-refractivity contribution in [3.8, 4) is 11.5 Å². The molecule has 0 aliphatic rings. The first kappa shape index (κ1) is 46.0. The highest BCUT2D eigenvalue weighted by Crippen LogP contribution is 2.21. The van der Waals surface area contributed by atoms with Gasteiger partial charge in [0.2, 0.25) is 0 Å². The van der Waals surface area contributed by atoms with Crippen molar-refractivity contribution in [2.24, 2.45) is 5.92 Å². The van der Waals surface area contributed by atoms with Crippen LogP contribution in [0.4, 0.5) is 0 Å². The summed E-state index contributed by atoms with van der Waals surface area (Å²) >= 11 is 0. The summed E-state index contributed by atoms with van der Waals surface area (Å²) in [6, 6.07) is 27.3. The van der Waals surface area contributed by atoms with Crippen molar-refractivity contribution in [2.45, 2.75) is 46.5 Å². The van der Waals surface area contributed by atoms with Gasteiger partial charge in [-0.2, -0.15) is 0 Å². The minimum absolute atomic E-state index is 0.0448. The van der Waals surface area contributed by atoms with E-state index in [2.05, 4.69) is 35.1 Å². The van der Waals surface area contributed by atoms with Crippen LogP contribution >= 0.6 is 0 Å². The minimum atomic E-state index is -0.583. The predicted octanol–water partition coefficient (Wildman–Crippen LogP) is 5.43. The fourth-order valence-corrected chi connectivity index (χ4v) is 5.54. The molecule has 0 aromatic heterocycles. The summed E-state index contributed by atoms with van der Waals surface area (Å²) in [5.41, 5.74) is 3.13. The second-order valence-electron chi connectivity index (χ2n) is 14.4. The average molecular weight is 823 g/mol. The van der Waals surface area contributed by atoms with Gasteiger partial charge in [0.15, 0.2) is 0 Å². The second-order valence-corrected chi connectivity index (χ2v) is 14.4. The van der Waals surface area contributed by atoms with Crippen molar-refractivity contribution in [1.82, 2.24) is 21.3 Å². The van der Waals surface area contributed by atoms with Gasteiger partial charge in [-0.1, -0.05) is 64.1 Å². The number of hydrogen-bond acceptors (Lipinski definition) is 10. The van der Waals surface area contributed by atoms with E-state index in [0.29, 0.717) is 46.1 Å². The number of amides is 4. The Labute approximate surface area is 350 Å². The Balaban J connectivity index is 1.10. The zero-order valence-electron chi connectivity index (χ0n) is 34.7. The fourth-order valence-electron chi connectivity index (χ4n) is 5.54. The molecule has 4 amide bonds. The lowest BCUT2D eigenvalue weighted by molar-refractivity contribution is -0.147. The summed E-state index contributed by atoms with van der Waals surface area (Å²) in [6.45, 7) is 10.6. The van der Waals surface area contributed by atoms with E-state index >= 15 is 0 Å². The average Bonchev–Trinajstić information content (AvgIpc) is 3.26. The van der Waals surface area contributed by atoms with Crippen molar-refractivity contribution >= 4 is 35.6 Å². The summed E-state index contributed by atoms with van der Waals surface area (Å²) in [7, 11) is 0. The van der Waals surface area contributed by atoms with Crippen LogP contribution in [0, 0.1) is 5.92 Å². The van der Waals surface area contributed by atoms with Crippen molar-refractivity contribution in [3.05, 3.63) is 130 Å². The van der Waals surface area contributed by atoms with Crippen LogP contribution in [0.15, 0.2) is 97.1 Å². The van der Waals surface area contributed by atoms with E-state index in [4.69, 9.17) is 18.9 Å². The molecule has 0 heterocycles. The van der Waals surface area contributed by atoms with Crippen LogP contribution in [0.2, 0.25) is 0 Å². The predicted molar refractivity (Wildman–Crippen MR) is 225 cm³/mol. The SMILES string of the molecule is CC(C)C(=O)OCCNC(=O)c1cccc(C(=O)NCCOc2ccc(C(C)C(=O)OCCNC(=O)c3cccc(C(=O)NCCOc4ccc(C(C)C)cc4)c3)cc2)c1. The number of carbonyl (C=O) groups is 6. The molecule has 4 aromatic carbocycles. The zero-order chi connectivity index (χ0) is 43.4. The first-order chi connectivity index (χ1) is 28.8. The van der Waals surface area contributed by atoms with E-state index in [1.807, 2.05) is 24.3 Å². The number of hydrogen-bond donors (Lipinski definition) is 4. The normalized spacial score (nSPS) is 11.2. The van der Waals surface area contributed by atoms with Gasteiger partial charge in [-0.05, 0) is 84.6 Å². The molecule has 4 N–H and O–H groups in total. The topological polar surface area (TPSA) is 187 Å². The van der Waals surface area contributed by atoms with Gasteiger partial charge in [-0.15, -0.1) is 0 Å². The highest BCUT2D eigenvalue weighted by molar-refractivity contribution is 6.00. The number of esters is 2. The maximum atomic E-state index is 12.8. The van der Waals surface area contributed by atoms with Crippen LogP contribution in [0.1, 0.15) is 99.0 Å². The highest BCUT2D eigenvalue weighted by atomic mass is 16.5. The second kappa shape index (κ2) is 23.6. The van der Waals surface area contributed by atoms with Crippen molar-refractivity contribution in [1.29, 1.82) is 0 Å². The molecule has 14 heteroatoms. The van der Waals surface area contributed by atoms with Crippen LogP contribution < -0.4 is 30.7 Å². The lowest BCUT2D eigenvalue weighted by Crippen LogP contribution is -2.30. The lowest BCUT2D eigenvalue weighted by Gasteiger charge is -2.13. The summed E-state index contributed by atoms with van der Waals surface area (Å²) in [6.07, 6.45) is 0. The maximum Gasteiger partial charge on any atom is 0.313 e. The van der Waals surface area contributed by atoms with Gasteiger partial charge < -0.3 is 40.2 Å². The van der Waals surface area contributed by atoms with Gasteiger partial charge in [-0.25, -0.2) is 0 Å². The molecule has 0 fully saturated rings. The Morgan fingerprint density at radius 1 is 0.450 bits per heavy atom. The van der Waals surface area contributed by atoms with E-state index in [1.54, 1.807) is 81.4 Å². The molecule has 4 rings (SSSR count). The van der Waals surface area contributed by atoms with Gasteiger partial charge in [0.25, 0.3) is 23.6 Å². The standard InChI is InChI=1S/C46H54N4O10/c1-30(2)33-12-16-39(17-13-33)57-24-20-47-41(51)36-9-7-11-38(29-36)44(54)50-23-27-60-46(56)32(5)34-14-18-40(19-15-34)58-25-21-48-42(52)35-8-6-10-37(28-35)43(53)49-22-26-59-45(55)31(3)4/h6-19,28-32H,20-27H2,1-5H3,(H,47,51)(H,48,52)(H,49,53)(H,50,54). The number of ether oxygens (including phenoxy) is 4. The van der Waals surface area contributed by atoms with E-state index in [0.717, 1.165) is 5.75 Å². The third-order valence-corrected chi connectivity index (χ3v) is 9.10. The maximum absolute atomic E-state index is 12.8. The van der Waals surface area contributed by atoms with Crippen LogP contribution in [-0.4, -0.2) is 88.2 Å². The van der Waals surface area contributed by atoms with Crippen LogP contribution in [-0.2, 0) is 19.1 Å². The number of carbonyl (C=O) groups excluding carboxylic acids is 6.